The summed E-state index contributed by atoms with van der Waals surface area (Å²) in [7, 11) is -2.11. The fourth-order valence-corrected chi connectivity index (χ4v) is 3.96. The number of nitrogens with zero attached hydrogens (tertiary/aromatic N) is 1. The number of carbonyl (C=O) groups is 1. The molecular weight excluding hydrogens is 352 g/mol. The Labute approximate surface area is 154 Å². The fraction of sp³-hybridized carbons (Fsp3) is 0.316. The van der Waals surface area contributed by atoms with Crippen LogP contribution in [0.1, 0.15) is 25.5 Å². The molecule has 0 aliphatic carbocycles. The molecule has 7 heteroatoms. The smallest absolute Gasteiger partial charge is 0.243 e. The summed E-state index contributed by atoms with van der Waals surface area (Å²) in [6, 6.07) is 15.2. The maximum absolute atomic E-state index is 12.7. The van der Waals surface area contributed by atoms with Crippen LogP contribution in [0, 0.1) is 0 Å². The van der Waals surface area contributed by atoms with Gasteiger partial charge in [0.15, 0.2) is 0 Å². The van der Waals surface area contributed by atoms with E-state index in [0.29, 0.717) is 0 Å². The van der Waals surface area contributed by atoms with Gasteiger partial charge in [0.2, 0.25) is 15.9 Å². The van der Waals surface area contributed by atoms with Crippen molar-refractivity contribution in [1.82, 2.24) is 9.62 Å². The number of sulfonamides is 1. The lowest BCUT2D eigenvalue weighted by Gasteiger charge is -2.22. The van der Waals surface area contributed by atoms with Crippen molar-refractivity contribution in [3.63, 3.8) is 0 Å². The molecule has 2 rings (SSSR count). The molecule has 140 valence electrons. The summed E-state index contributed by atoms with van der Waals surface area (Å²) < 4.78 is 31.6. The van der Waals surface area contributed by atoms with Crippen molar-refractivity contribution in [3.8, 4) is 5.75 Å². The van der Waals surface area contributed by atoms with Gasteiger partial charge in [0.05, 0.1) is 24.6 Å². The van der Waals surface area contributed by atoms with Gasteiger partial charge in [0.1, 0.15) is 5.75 Å². The number of hydrogen-bond acceptors (Lipinski definition) is 4. The minimum Gasteiger partial charge on any atom is -0.497 e. The minimum atomic E-state index is -3.70. The van der Waals surface area contributed by atoms with E-state index in [1.807, 2.05) is 31.2 Å². The van der Waals surface area contributed by atoms with E-state index in [2.05, 4.69) is 5.32 Å². The van der Waals surface area contributed by atoms with Crippen LogP contribution in [0.15, 0.2) is 59.5 Å². The van der Waals surface area contributed by atoms with Gasteiger partial charge in [-0.25, -0.2) is 8.42 Å². The van der Waals surface area contributed by atoms with Gasteiger partial charge in [0.25, 0.3) is 0 Å². The predicted molar refractivity (Wildman–Crippen MR) is 100 cm³/mol. The minimum absolute atomic E-state index is 0.179. The third kappa shape index (κ3) is 4.83. The topological polar surface area (TPSA) is 75.7 Å². The van der Waals surface area contributed by atoms with E-state index in [0.717, 1.165) is 11.3 Å². The number of ether oxygens (including phenoxy) is 1. The van der Waals surface area contributed by atoms with Crippen LogP contribution in [0.5, 0.6) is 5.75 Å². The molecule has 0 aliphatic heterocycles. The van der Waals surface area contributed by atoms with E-state index in [1.165, 1.54) is 16.4 Å². The molecule has 2 aromatic carbocycles. The maximum atomic E-state index is 12.7. The Morgan fingerprint density at radius 2 is 1.73 bits per heavy atom. The molecule has 0 saturated heterocycles. The summed E-state index contributed by atoms with van der Waals surface area (Å²) in [5, 5.41) is 2.84. The third-order valence-corrected chi connectivity index (χ3v) is 5.98. The van der Waals surface area contributed by atoms with E-state index in [4.69, 9.17) is 4.74 Å². The lowest BCUT2D eigenvalue weighted by molar-refractivity contribution is -0.121. The van der Waals surface area contributed by atoms with Crippen LogP contribution in [0.25, 0.3) is 0 Å². The summed E-state index contributed by atoms with van der Waals surface area (Å²) in [5.41, 5.74) is 0.910. The molecule has 0 spiro atoms. The van der Waals surface area contributed by atoms with Crippen LogP contribution in [0.3, 0.4) is 0 Å². The molecule has 0 unspecified atom stereocenters. The second-order valence-electron chi connectivity index (χ2n) is 5.81. The molecule has 1 amide bonds. The second-order valence-corrected chi connectivity index (χ2v) is 7.74. The van der Waals surface area contributed by atoms with Crippen LogP contribution in [-0.4, -0.2) is 38.8 Å². The molecule has 1 atom stereocenters. The lowest BCUT2D eigenvalue weighted by atomic mass is 10.1. The maximum Gasteiger partial charge on any atom is 0.243 e. The summed E-state index contributed by atoms with van der Waals surface area (Å²) >= 11 is 0. The zero-order valence-corrected chi connectivity index (χ0v) is 16.0. The van der Waals surface area contributed by atoms with Crippen LogP contribution in [0.4, 0.5) is 0 Å². The molecule has 0 bridgehead atoms. The van der Waals surface area contributed by atoms with E-state index in [9.17, 15) is 13.2 Å². The Morgan fingerprint density at radius 3 is 2.27 bits per heavy atom. The first-order valence-electron chi connectivity index (χ1n) is 8.37. The van der Waals surface area contributed by atoms with E-state index >= 15 is 0 Å². The molecule has 6 nitrogen and oxygen atoms in total. The second kappa shape index (κ2) is 8.82. The Bertz CT molecular complexity index is 820. The van der Waals surface area contributed by atoms with Crippen LogP contribution < -0.4 is 10.1 Å². The fourth-order valence-electron chi connectivity index (χ4n) is 2.53. The molecule has 0 radical (unpaired) electrons. The van der Waals surface area contributed by atoms with E-state index in [-0.39, 0.29) is 29.9 Å². The largest absolute Gasteiger partial charge is 0.497 e. The number of methoxy groups -OCH3 is 1. The molecule has 0 aliphatic rings. The number of carbonyl (C=O) groups excluding carboxylic acids is 1. The van der Waals surface area contributed by atoms with Gasteiger partial charge in [-0.05, 0) is 36.8 Å². The van der Waals surface area contributed by atoms with Gasteiger partial charge in [-0.3, -0.25) is 4.79 Å². The first-order valence-corrected chi connectivity index (χ1v) is 9.81. The monoisotopic (exact) mass is 376 g/mol. The summed E-state index contributed by atoms with van der Waals surface area (Å²) in [4.78, 5) is 12.5. The number of nitrogens with one attached hydrogen (secondary N) is 1. The molecule has 0 aromatic heterocycles. The molecule has 0 saturated carbocycles. The Hall–Kier alpha value is -2.38. The summed E-state index contributed by atoms with van der Waals surface area (Å²) in [6.45, 7) is 3.54. The highest BCUT2D eigenvalue weighted by Crippen LogP contribution is 2.18. The standard InChI is InChI=1S/C19H24N2O4S/c1-4-21(26(23,24)18-8-6-5-7-9-18)14-19(22)20-15(2)16-10-12-17(25-3)13-11-16/h5-13,15H,4,14H2,1-3H3,(H,20,22)/t15-/m0/s1. The summed E-state index contributed by atoms with van der Waals surface area (Å²) in [5.74, 6) is 0.382. The lowest BCUT2D eigenvalue weighted by Crippen LogP contribution is -2.41. The zero-order chi connectivity index (χ0) is 19.2. The highest BCUT2D eigenvalue weighted by atomic mass is 32.2. The quantitative estimate of drug-likeness (QED) is 0.768. The van der Waals surface area contributed by atoms with Crippen molar-refractivity contribution in [2.24, 2.45) is 0 Å². The Balaban J connectivity index is 2.04. The van der Waals surface area contributed by atoms with Gasteiger partial charge >= 0.3 is 0 Å². The van der Waals surface area contributed by atoms with E-state index < -0.39 is 10.0 Å². The van der Waals surface area contributed by atoms with Crippen molar-refractivity contribution in [3.05, 3.63) is 60.2 Å². The molecule has 0 heterocycles. The van der Waals surface area contributed by atoms with Crippen LogP contribution in [0.2, 0.25) is 0 Å². The Kier molecular flexibility index (Phi) is 6.76. The van der Waals surface area contributed by atoms with Crippen molar-refractivity contribution in [2.45, 2.75) is 24.8 Å². The number of benzene rings is 2. The zero-order valence-electron chi connectivity index (χ0n) is 15.2. The molecular formula is C19H24N2O4S. The number of rotatable bonds is 8. The average molecular weight is 376 g/mol. The molecule has 1 N–H and O–H groups in total. The number of hydrogen-bond donors (Lipinski definition) is 1. The van der Waals surface area contributed by atoms with Crippen LogP contribution >= 0.6 is 0 Å². The van der Waals surface area contributed by atoms with E-state index in [1.54, 1.807) is 32.2 Å². The number of likely N-dealkylation sites (N-methyl/N-ethyl adjacent to an activating group) is 1. The van der Waals surface area contributed by atoms with Crippen molar-refractivity contribution in [1.29, 1.82) is 0 Å². The molecule has 2 aromatic rings. The number of amides is 1. The SMILES string of the molecule is CCN(CC(=O)N[C@@H](C)c1ccc(OC)cc1)S(=O)(=O)c1ccccc1. The predicted octanol–water partition coefficient (Wildman–Crippen LogP) is 2.58. The third-order valence-electron chi connectivity index (χ3n) is 4.05. The highest BCUT2D eigenvalue weighted by Gasteiger charge is 2.25. The van der Waals surface area contributed by atoms with Crippen LogP contribution in [-0.2, 0) is 14.8 Å². The van der Waals surface area contributed by atoms with Gasteiger partial charge in [-0.2, -0.15) is 4.31 Å². The molecule has 26 heavy (non-hydrogen) atoms. The summed E-state index contributed by atoms with van der Waals surface area (Å²) in [6.07, 6.45) is 0. The van der Waals surface area contributed by atoms with Gasteiger partial charge in [0, 0.05) is 6.54 Å². The normalized spacial score (nSPS) is 12.6. The average Bonchev–Trinajstić information content (AvgIpc) is 2.66. The highest BCUT2D eigenvalue weighted by molar-refractivity contribution is 7.89. The van der Waals surface area contributed by atoms with Crippen molar-refractivity contribution < 1.29 is 17.9 Å². The van der Waals surface area contributed by atoms with Crippen molar-refractivity contribution in [2.75, 3.05) is 20.2 Å². The van der Waals surface area contributed by atoms with Gasteiger partial charge < -0.3 is 10.1 Å². The van der Waals surface area contributed by atoms with Gasteiger partial charge in [-0.1, -0.05) is 37.3 Å². The molecule has 0 fully saturated rings. The first-order chi connectivity index (χ1) is 12.4. The Morgan fingerprint density at radius 1 is 1.12 bits per heavy atom. The van der Waals surface area contributed by atoms with Gasteiger partial charge in [-0.15, -0.1) is 0 Å². The first kappa shape index (κ1) is 19.9. The van der Waals surface area contributed by atoms with Crippen molar-refractivity contribution >= 4 is 15.9 Å².